The van der Waals surface area contributed by atoms with Crippen LogP contribution >= 0.6 is 0 Å². The number of ether oxygens (including phenoxy) is 3. The molecule has 1 aliphatic carbocycles. The minimum Gasteiger partial charge on any atom is -0.463 e. The maximum atomic E-state index is 14.3. The summed E-state index contributed by atoms with van der Waals surface area (Å²) in [6, 6.07) is 2.03. The minimum absolute atomic E-state index is 0.00577. The summed E-state index contributed by atoms with van der Waals surface area (Å²) in [5.74, 6) is 0.0903. The molecule has 1 amide bonds. The number of alkyl halides is 3. The molecular weight excluding hydrogens is 503 g/mol. The van der Waals surface area contributed by atoms with E-state index in [-0.39, 0.29) is 36.6 Å². The fraction of sp³-hybridized carbons (Fsp3) is 0.731. The van der Waals surface area contributed by atoms with Crippen LogP contribution in [-0.4, -0.2) is 98.0 Å². The van der Waals surface area contributed by atoms with Crippen LogP contribution in [0.15, 0.2) is 17.3 Å². The number of aromatic nitrogens is 1. The van der Waals surface area contributed by atoms with Crippen LogP contribution in [0.2, 0.25) is 0 Å². The average Bonchev–Trinajstić information content (AvgIpc) is 3.63. The lowest BCUT2D eigenvalue weighted by Gasteiger charge is -2.37. The number of amidine groups is 1. The molecule has 2 saturated heterocycles. The Kier molecular flexibility index (Phi) is 6.76. The number of rotatable bonds is 4. The second-order valence-electron chi connectivity index (χ2n) is 11.1. The summed E-state index contributed by atoms with van der Waals surface area (Å²) in [6.07, 6.45) is -0.860. The second kappa shape index (κ2) is 9.95. The first kappa shape index (κ1) is 25.8. The summed E-state index contributed by atoms with van der Waals surface area (Å²) in [5.41, 5.74) is -0.330. The number of methoxy groups -OCH3 is 1. The van der Waals surface area contributed by atoms with E-state index in [1.165, 1.54) is 0 Å². The van der Waals surface area contributed by atoms with Gasteiger partial charge in [0.1, 0.15) is 6.61 Å². The third-order valence-electron chi connectivity index (χ3n) is 8.85. The highest BCUT2D eigenvalue weighted by atomic mass is 19.4. The van der Waals surface area contributed by atoms with Gasteiger partial charge in [-0.15, -0.1) is 0 Å². The second-order valence-corrected chi connectivity index (χ2v) is 11.1. The van der Waals surface area contributed by atoms with Gasteiger partial charge in [-0.3, -0.25) is 9.78 Å². The third kappa shape index (κ3) is 4.64. The van der Waals surface area contributed by atoms with E-state index in [1.807, 2.05) is 0 Å². The molecule has 208 valence electrons. The number of carbonyl (C=O) groups excluding carboxylic acids is 1. The molecule has 5 atom stereocenters. The van der Waals surface area contributed by atoms with Gasteiger partial charge in [0.05, 0.1) is 30.2 Å². The molecule has 4 aliphatic heterocycles. The standard InChI is InChI=1S/C26H34F3N5O4/c1-36-22-14-37-6-3-21(22)32-19-9-18-13-34(24-30-4-7-38-24)15-25(18,10-19)23(35)33-5-2-20-16(12-33)8-17(11-31-20)26(27,28)29/h8,11,18-19,21-22,32H,2-7,9-10,12-15H2,1H3/t18-,19+,21-,22+,25-/m0/s1. The van der Waals surface area contributed by atoms with Crippen molar-refractivity contribution >= 4 is 11.9 Å². The largest absolute Gasteiger partial charge is 0.463 e. The van der Waals surface area contributed by atoms with Gasteiger partial charge in [-0.1, -0.05) is 0 Å². The molecular formula is C26H34F3N5O4. The summed E-state index contributed by atoms with van der Waals surface area (Å²) in [7, 11) is 1.69. The van der Waals surface area contributed by atoms with Crippen LogP contribution in [0.1, 0.15) is 36.1 Å². The Morgan fingerprint density at radius 1 is 1.32 bits per heavy atom. The Hall–Kier alpha value is -2.44. The van der Waals surface area contributed by atoms with Gasteiger partial charge in [0.15, 0.2) is 0 Å². The minimum atomic E-state index is -4.47. The molecule has 0 spiro atoms. The Morgan fingerprint density at radius 2 is 2.18 bits per heavy atom. The van der Waals surface area contributed by atoms with Gasteiger partial charge in [-0.2, -0.15) is 13.2 Å². The first-order valence-corrected chi connectivity index (χ1v) is 13.4. The van der Waals surface area contributed by atoms with Gasteiger partial charge >= 0.3 is 6.18 Å². The van der Waals surface area contributed by atoms with Crippen molar-refractivity contribution in [2.45, 2.75) is 56.6 Å². The van der Waals surface area contributed by atoms with Crippen molar-refractivity contribution in [3.05, 3.63) is 29.1 Å². The number of pyridine rings is 1. The van der Waals surface area contributed by atoms with Crippen molar-refractivity contribution in [1.29, 1.82) is 0 Å². The van der Waals surface area contributed by atoms with Crippen LogP contribution in [0.5, 0.6) is 0 Å². The van der Waals surface area contributed by atoms with Crippen molar-refractivity contribution in [2.24, 2.45) is 16.3 Å². The molecule has 1 aromatic heterocycles. The van der Waals surface area contributed by atoms with E-state index in [1.54, 1.807) is 12.0 Å². The van der Waals surface area contributed by atoms with Crippen molar-refractivity contribution in [1.82, 2.24) is 20.1 Å². The predicted molar refractivity (Wildman–Crippen MR) is 130 cm³/mol. The molecule has 3 fully saturated rings. The summed E-state index contributed by atoms with van der Waals surface area (Å²) >= 11 is 0. The normalized spacial score (nSPS) is 33.1. The fourth-order valence-electron chi connectivity index (χ4n) is 7.00. The number of halogens is 3. The van der Waals surface area contributed by atoms with E-state index in [0.29, 0.717) is 76.1 Å². The van der Waals surface area contributed by atoms with Gasteiger partial charge < -0.3 is 29.3 Å². The molecule has 0 unspecified atom stereocenters. The van der Waals surface area contributed by atoms with Crippen LogP contribution in [0, 0.1) is 11.3 Å². The topological polar surface area (TPSA) is 88.5 Å². The van der Waals surface area contributed by atoms with Crippen LogP contribution in [0.4, 0.5) is 13.2 Å². The van der Waals surface area contributed by atoms with Gasteiger partial charge in [0, 0.05) is 70.3 Å². The van der Waals surface area contributed by atoms with Crippen LogP contribution in [0.3, 0.4) is 0 Å². The monoisotopic (exact) mass is 537 g/mol. The molecule has 5 heterocycles. The molecule has 1 N–H and O–H groups in total. The number of nitrogens with zero attached hydrogens (tertiary/aromatic N) is 4. The molecule has 1 saturated carbocycles. The lowest BCUT2D eigenvalue weighted by Crippen LogP contribution is -2.52. The summed E-state index contributed by atoms with van der Waals surface area (Å²) in [4.78, 5) is 26.7. The fourth-order valence-corrected chi connectivity index (χ4v) is 7.00. The lowest BCUT2D eigenvalue weighted by atomic mass is 9.78. The average molecular weight is 538 g/mol. The number of hydrogen-bond donors (Lipinski definition) is 1. The predicted octanol–water partition coefficient (Wildman–Crippen LogP) is 1.85. The van der Waals surface area contributed by atoms with Crippen LogP contribution in [-0.2, 0) is 38.1 Å². The van der Waals surface area contributed by atoms with E-state index in [4.69, 9.17) is 14.2 Å². The van der Waals surface area contributed by atoms with Gasteiger partial charge in [0.25, 0.3) is 6.02 Å². The van der Waals surface area contributed by atoms with Crippen LogP contribution in [0.25, 0.3) is 0 Å². The Morgan fingerprint density at radius 3 is 2.95 bits per heavy atom. The molecule has 6 rings (SSSR count). The van der Waals surface area contributed by atoms with Gasteiger partial charge in [-0.25, -0.2) is 4.99 Å². The van der Waals surface area contributed by atoms with Crippen LogP contribution < -0.4 is 5.32 Å². The smallest absolute Gasteiger partial charge is 0.417 e. The molecule has 5 aliphatic rings. The zero-order chi connectivity index (χ0) is 26.5. The zero-order valence-corrected chi connectivity index (χ0v) is 21.5. The highest BCUT2D eigenvalue weighted by Crippen LogP contribution is 2.51. The molecule has 12 heteroatoms. The Bertz CT molecular complexity index is 1100. The molecule has 0 aromatic carbocycles. The number of aliphatic imine (C=N–C) groups is 1. The summed E-state index contributed by atoms with van der Waals surface area (Å²) in [5, 5.41) is 3.76. The SMILES string of the molecule is CO[C@@H]1COCC[C@@H]1N[C@@H]1C[C@H]2CN(C3=NCCO3)C[C@@]2(C(=O)N2CCc3ncc(C(F)(F)F)cc3C2)C1. The molecule has 0 radical (unpaired) electrons. The van der Waals surface area contributed by atoms with E-state index < -0.39 is 17.2 Å². The maximum absolute atomic E-state index is 14.3. The van der Waals surface area contributed by atoms with Crippen molar-refractivity contribution in [3.63, 3.8) is 0 Å². The Labute approximate surface area is 219 Å². The van der Waals surface area contributed by atoms with E-state index >= 15 is 0 Å². The van der Waals surface area contributed by atoms with E-state index in [0.717, 1.165) is 25.1 Å². The summed E-state index contributed by atoms with van der Waals surface area (Å²) in [6.45, 7) is 4.13. The number of hydrogen-bond acceptors (Lipinski definition) is 8. The Balaban J connectivity index is 1.23. The molecule has 38 heavy (non-hydrogen) atoms. The van der Waals surface area contributed by atoms with Crippen molar-refractivity contribution in [3.8, 4) is 0 Å². The molecule has 0 bridgehead atoms. The van der Waals surface area contributed by atoms with Gasteiger partial charge in [-0.05, 0) is 36.8 Å². The zero-order valence-electron chi connectivity index (χ0n) is 21.5. The first-order valence-electron chi connectivity index (χ1n) is 13.4. The van der Waals surface area contributed by atoms with Crippen molar-refractivity contribution in [2.75, 3.05) is 53.1 Å². The lowest BCUT2D eigenvalue weighted by molar-refractivity contribution is -0.143. The summed E-state index contributed by atoms with van der Waals surface area (Å²) < 4.78 is 57.0. The quantitative estimate of drug-likeness (QED) is 0.627. The first-order chi connectivity index (χ1) is 18.3. The number of fused-ring (bicyclic) bond motifs is 2. The number of carbonyl (C=O) groups is 1. The van der Waals surface area contributed by atoms with E-state index in [9.17, 15) is 18.0 Å². The third-order valence-corrected chi connectivity index (χ3v) is 8.85. The molecule has 1 aromatic rings. The number of likely N-dealkylation sites (tertiary alicyclic amines) is 1. The number of nitrogens with one attached hydrogen (secondary N) is 1. The van der Waals surface area contributed by atoms with Gasteiger partial charge in [0.2, 0.25) is 5.91 Å². The van der Waals surface area contributed by atoms with Crippen molar-refractivity contribution < 1.29 is 32.2 Å². The highest BCUT2D eigenvalue weighted by molar-refractivity contribution is 5.86. The maximum Gasteiger partial charge on any atom is 0.417 e. The number of amides is 1. The molecule has 9 nitrogen and oxygen atoms in total. The highest BCUT2D eigenvalue weighted by Gasteiger charge is 2.60. The van der Waals surface area contributed by atoms with E-state index in [2.05, 4.69) is 20.2 Å².